The molecule has 2 aromatic heterocycles. The van der Waals surface area contributed by atoms with Crippen molar-refractivity contribution >= 4 is 40.2 Å². The summed E-state index contributed by atoms with van der Waals surface area (Å²) in [6, 6.07) is 12.9. The van der Waals surface area contributed by atoms with Crippen LogP contribution < -0.4 is 15.0 Å². The third-order valence-electron chi connectivity index (χ3n) is 5.79. The van der Waals surface area contributed by atoms with Gasteiger partial charge in [-0.3, -0.25) is 14.5 Å². The Kier molecular flexibility index (Phi) is 7.27. The minimum atomic E-state index is -0.751. The number of hydrogen-bond donors (Lipinski definition) is 1. The summed E-state index contributed by atoms with van der Waals surface area (Å²) < 4.78 is 5.63. The fourth-order valence-electron chi connectivity index (χ4n) is 4.22. The summed E-state index contributed by atoms with van der Waals surface area (Å²) in [6.45, 7) is 1.98. The Bertz CT molecular complexity index is 1040. The van der Waals surface area contributed by atoms with Crippen molar-refractivity contribution in [1.29, 1.82) is 0 Å². The number of benzene rings is 1. The van der Waals surface area contributed by atoms with Gasteiger partial charge < -0.3 is 10.1 Å². The Labute approximate surface area is 197 Å². The van der Waals surface area contributed by atoms with Gasteiger partial charge in [0.05, 0.1) is 19.2 Å². The zero-order valence-electron chi connectivity index (χ0n) is 18.4. The molecule has 0 spiro atoms. The van der Waals surface area contributed by atoms with Crippen molar-refractivity contribution < 1.29 is 14.3 Å². The van der Waals surface area contributed by atoms with Crippen LogP contribution in [0.2, 0.25) is 0 Å². The highest BCUT2D eigenvalue weighted by Gasteiger charge is 2.36. The molecule has 1 aliphatic rings. The molecule has 5 nitrogen and oxygen atoms in total. The molecular formula is C25H28N2O3S2. The lowest BCUT2D eigenvalue weighted by atomic mass is 10.1. The molecule has 2 amide bonds. The van der Waals surface area contributed by atoms with E-state index in [-0.39, 0.29) is 24.3 Å². The molecule has 168 valence electrons. The molecule has 1 atom stereocenters. The molecule has 1 aromatic carbocycles. The molecule has 4 rings (SSSR count). The topological polar surface area (TPSA) is 58.6 Å². The molecule has 1 saturated carbocycles. The van der Waals surface area contributed by atoms with Crippen LogP contribution in [0, 0.1) is 6.92 Å². The van der Waals surface area contributed by atoms with E-state index < -0.39 is 6.04 Å². The zero-order chi connectivity index (χ0) is 22.5. The van der Waals surface area contributed by atoms with Gasteiger partial charge in [0, 0.05) is 15.8 Å². The first-order valence-corrected chi connectivity index (χ1v) is 12.7. The highest BCUT2D eigenvalue weighted by Crippen LogP contribution is 2.38. The van der Waals surface area contributed by atoms with Crippen molar-refractivity contribution in [2.75, 3.05) is 12.0 Å². The van der Waals surface area contributed by atoms with Gasteiger partial charge in [-0.05, 0) is 60.4 Å². The summed E-state index contributed by atoms with van der Waals surface area (Å²) in [7, 11) is 1.59. The van der Waals surface area contributed by atoms with Crippen LogP contribution in [0.5, 0.6) is 5.75 Å². The average Bonchev–Trinajstić information content (AvgIpc) is 3.55. The summed E-state index contributed by atoms with van der Waals surface area (Å²) in [4.78, 5) is 30.9. The Morgan fingerprint density at radius 2 is 1.88 bits per heavy atom. The maximum absolute atomic E-state index is 13.8. The molecule has 3 aromatic rings. The predicted octanol–water partition coefficient (Wildman–Crippen LogP) is 5.50. The maximum Gasteiger partial charge on any atom is 0.248 e. The van der Waals surface area contributed by atoms with Crippen molar-refractivity contribution in [3.63, 3.8) is 0 Å². The summed E-state index contributed by atoms with van der Waals surface area (Å²) in [5.41, 5.74) is 1.62. The number of ether oxygens (including phenoxy) is 1. The smallest absolute Gasteiger partial charge is 0.248 e. The van der Waals surface area contributed by atoms with Gasteiger partial charge in [-0.25, -0.2) is 0 Å². The third kappa shape index (κ3) is 5.05. The van der Waals surface area contributed by atoms with Gasteiger partial charge in [-0.2, -0.15) is 0 Å². The fourth-order valence-corrected chi connectivity index (χ4v) is 5.73. The van der Waals surface area contributed by atoms with Crippen molar-refractivity contribution in [2.45, 2.75) is 51.1 Å². The molecule has 2 heterocycles. The monoisotopic (exact) mass is 468 g/mol. The number of methoxy groups -OCH3 is 1. The molecule has 0 saturated heterocycles. The van der Waals surface area contributed by atoms with Gasteiger partial charge in [0.2, 0.25) is 11.8 Å². The number of thiophene rings is 2. The van der Waals surface area contributed by atoms with Crippen LogP contribution in [0.25, 0.3) is 0 Å². The first kappa shape index (κ1) is 22.6. The SMILES string of the molecule is COc1ccc(C)cc1N(C(=O)Cc1cccs1)[C@H](C(=O)NC1CCCC1)c1cccs1. The van der Waals surface area contributed by atoms with E-state index in [0.717, 1.165) is 41.0 Å². The number of amides is 2. The number of hydrogen-bond acceptors (Lipinski definition) is 5. The molecule has 7 heteroatoms. The standard InChI is InChI=1S/C25H28N2O3S2/c1-17-11-12-21(30-2)20(15-17)27(23(28)16-19-9-5-13-31-19)24(22-10-6-14-32-22)25(29)26-18-7-3-4-8-18/h5-6,9-15,18,24H,3-4,7-8,16H2,1-2H3,(H,26,29)/t24-/m0/s1. The molecule has 32 heavy (non-hydrogen) atoms. The maximum atomic E-state index is 13.8. The van der Waals surface area contributed by atoms with Crippen LogP contribution in [0.15, 0.2) is 53.2 Å². The lowest BCUT2D eigenvalue weighted by molar-refractivity contribution is -0.126. The average molecular weight is 469 g/mol. The minimum absolute atomic E-state index is 0.128. The Morgan fingerprint density at radius 3 is 2.53 bits per heavy atom. The molecule has 0 unspecified atom stereocenters. The van der Waals surface area contributed by atoms with Crippen LogP contribution in [0.3, 0.4) is 0 Å². The third-order valence-corrected chi connectivity index (χ3v) is 7.59. The summed E-state index contributed by atoms with van der Waals surface area (Å²) >= 11 is 3.03. The van der Waals surface area contributed by atoms with Crippen LogP contribution in [-0.4, -0.2) is 25.0 Å². The van der Waals surface area contributed by atoms with E-state index >= 15 is 0 Å². The fraction of sp³-hybridized carbons (Fsp3) is 0.360. The van der Waals surface area contributed by atoms with Crippen LogP contribution in [-0.2, 0) is 16.0 Å². The number of aryl methyl sites for hydroxylation is 1. The Hall–Kier alpha value is -2.64. The van der Waals surface area contributed by atoms with Crippen LogP contribution >= 0.6 is 22.7 Å². The van der Waals surface area contributed by atoms with Gasteiger partial charge >= 0.3 is 0 Å². The number of carbonyl (C=O) groups is 2. The summed E-state index contributed by atoms with van der Waals surface area (Å²) in [6.07, 6.45) is 4.45. The van der Waals surface area contributed by atoms with Gasteiger partial charge in [-0.15, -0.1) is 22.7 Å². The molecule has 0 aliphatic heterocycles. The van der Waals surface area contributed by atoms with E-state index in [9.17, 15) is 9.59 Å². The molecule has 0 radical (unpaired) electrons. The minimum Gasteiger partial charge on any atom is -0.495 e. The summed E-state index contributed by atoms with van der Waals surface area (Å²) in [5.74, 6) is 0.309. The van der Waals surface area contributed by atoms with Crippen LogP contribution in [0.4, 0.5) is 5.69 Å². The van der Waals surface area contributed by atoms with Gasteiger partial charge in [0.15, 0.2) is 0 Å². The van der Waals surface area contributed by atoms with Gasteiger partial charge in [0.25, 0.3) is 0 Å². The van der Waals surface area contributed by atoms with Crippen molar-refractivity contribution in [3.8, 4) is 5.75 Å². The summed E-state index contributed by atoms with van der Waals surface area (Å²) in [5, 5.41) is 7.13. The Balaban J connectivity index is 1.78. The molecular weight excluding hydrogens is 440 g/mol. The highest BCUT2D eigenvalue weighted by atomic mass is 32.1. The van der Waals surface area contributed by atoms with E-state index in [2.05, 4.69) is 5.32 Å². The van der Waals surface area contributed by atoms with E-state index in [0.29, 0.717) is 11.4 Å². The van der Waals surface area contributed by atoms with E-state index in [1.54, 1.807) is 23.3 Å². The second-order valence-corrected chi connectivity index (χ2v) is 10.1. The van der Waals surface area contributed by atoms with Crippen molar-refractivity contribution in [1.82, 2.24) is 5.32 Å². The second-order valence-electron chi connectivity index (χ2n) is 8.10. The first-order valence-electron chi connectivity index (χ1n) is 10.9. The second kappa shape index (κ2) is 10.3. The first-order chi connectivity index (χ1) is 15.6. The normalized spacial score (nSPS) is 14.8. The quantitative estimate of drug-likeness (QED) is 0.475. The highest BCUT2D eigenvalue weighted by molar-refractivity contribution is 7.10. The van der Waals surface area contributed by atoms with E-state index in [4.69, 9.17) is 4.74 Å². The molecule has 0 bridgehead atoms. The lowest BCUT2D eigenvalue weighted by Crippen LogP contribution is -2.46. The molecule has 1 aliphatic carbocycles. The molecule has 1 fully saturated rings. The van der Waals surface area contributed by atoms with E-state index in [1.807, 2.05) is 60.1 Å². The van der Waals surface area contributed by atoms with E-state index in [1.165, 1.54) is 11.3 Å². The number of anilines is 1. The number of nitrogens with zero attached hydrogens (tertiary/aromatic N) is 1. The largest absolute Gasteiger partial charge is 0.495 e. The van der Waals surface area contributed by atoms with Gasteiger partial charge in [0.1, 0.15) is 11.8 Å². The van der Waals surface area contributed by atoms with Crippen LogP contribution in [0.1, 0.15) is 47.0 Å². The number of carbonyl (C=O) groups excluding carboxylic acids is 2. The zero-order valence-corrected chi connectivity index (χ0v) is 20.0. The Morgan fingerprint density at radius 1 is 1.12 bits per heavy atom. The molecule has 1 N–H and O–H groups in total. The number of rotatable bonds is 8. The van der Waals surface area contributed by atoms with Crippen molar-refractivity contribution in [2.24, 2.45) is 0 Å². The predicted molar refractivity (Wildman–Crippen MR) is 131 cm³/mol. The number of nitrogens with one attached hydrogen (secondary N) is 1. The lowest BCUT2D eigenvalue weighted by Gasteiger charge is -2.32. The van der Waals surface area contributed by atoms with Gasteiger partial charge in [-0.1, -0.05) is 31.0 Å². The van der Waals surface area contributed by atoms with Crippen molar-refractivity contribution in [3.05, 3.63) is 68.5 Å².